The van der Waals surface area contributed by atoms with Crippen molar-refractivity contribution in [1.82, 2.24) is 19.7 Å². The molecule has 1 N–H and O–H groups in total. The Morgan fingerprint density at radius 2 is 2.07 bits per heavy atom. The second-order valence-corrected chi connectivity index (χ2v) is 7.25. The summed E-state index contributed by atoms with van der Waals surface area (Å²) >= 11 is 2.36. The number of amides is 1. The summed E-state index contributed by atoms with van der Waals surface area (Å²) in [5.41, 5.74) is 1.45. The molecule has 0 saturated heterocycles. The quantitative estimate of drug-likeness (QED) is 0.478. The molecular formula is C17H17N5O3S2. The first kappa shape index (κ1) is 19.1. The fraction of sp³-hybridized carbons (Fsp3) is 0.235. The molecule has 8 nitrogen and oxygen atoms in total. The lowest BCUT2D eigenvalue weighted by atomic mass is 10.3. The standard InChI is InChI=1S/C17H17N5O3S2/c1-3-25-15(24)14-11(2)19-16(27-14)20-13(23)9-26-17-21-18-10-22(17)12-7-5-4-6-8-12/h4-8,10H,3,9H2,1-2H3,(H,19,20,23). The average Bonchev–Trinajstić information content (AvgIpc) is 3.27. The lowest BCUT2D eigenvalue weighted by molar-refractivity contribution is -0.113. The third-order valence-corrected chi connectivity index (χ3v) is 5.38. The van der Waals surface area contributed by atoms with Crippen molar-refractivity contribution in [3.8, 4) is 5.69 Å². The van der Waals surface area contributed by atoms with Crippen LogP contribution in [0.15, 0.2) is 41.8 Å². The first-order valence-corrected chi connectivity index (χ1v) is 9.91. The zero-order valence-corrected chi connectivity index (χ0v) is 16.3. The lowest BCUT2D eigenvalue weighted by Crippen LogP contribution is -2.14. The number of nitrogens with one attached hydrogen (secondary N) is 1. The van der Waals surface area contributed by atoms with Crippen LogP contribution in [0.4, 0.5) is 5.13 Å². The number of aromatic nitrogens is 4. The smallest absolute Gasteiger partial charge is 0.350 e. The monoisotopic (exact) mass is 403 g/mol. The van der Waals surface area contributed by atoms with Crippen molar-refractivity contribution in [2.24, 2.45) is 0 Å². The molecule has 0 aliphatic heterocycles. The molecule has 0 unspecified atom stereocenters. The molecular weight excluding hydrogens is 386 g/mol. The Bertz CT molecular complexity index is 939. The van der Waals surface area contributed by atoms with Gasteiger partial charge in [-0.05, 0) is 26.0 Å². The number of carbonyl (C=O) groups excluding carboxylic acids is 2. The summed E-state index contributed by atoms with van der Waals surface area (Å²) in [6.07, 6.45) is 1.60. The van der Waals surface area contributed by atoms with Crippen molar-refractivity contribution in [2.75, 3.05) is 17.7 Å². The number of carbonyl (C=O) groups is 2. The summed E-state index contributed by atoms with van der Waals surface area (Å²) < 4.78 is 6.79. The summed E-state index contributed by atoms with van der Waals surface area (Å²) in [6, 6.07) is 9.63. The SMILES string of the molecule is CCOC(=O)c1sc(NC(=O)CSc2nncn2-c2ccccc2)nc1C. The summed E-state index contributed by atoms with van der Waals surface area (Å²) in [5, 5.41) is 11.6. The number of thiazole rings is 1. The maximum absolute atomic E-state index is 12.2. The van der Waals surface area contributed by atoms with E-state index in [1.54, 1.807) is 20.2 Å². The first-order chi connectivity index (χ1) is 13.1. The number of aryl methyl sites for hydroxylation is 1. The summed E-state index contributed by atoms with van der Waals surface area (Å²) in [4.78, 5) is 28.7. The first-order valence-electron chi connectivity index (χ1n) is 8.11. The number of anilines is 1. The van der Waals surface area contributed by atoms with E-state index < -0.39 is 5.97 Å². The van der Waals surface area contributed by atoms with Crippen LogP contribution in [0.3, 0.4) is 0 Å². The number of hydrogen-bond acceptors (Lipinski definition) is 8. The van der Waals surface area contributed by atoms with Crippen molar-refractivity contribution >= 4 is 40.1 Å². The van der Waals surface area contributed by atoms with E-state index in [4.69, 9.17) is 4.74 Å². The van der Waals surface area contributed by atoms with Gasteiger partial charge in [0.1, 0.15) is 11.2 Å². The van der Waals surface area contributed by atoms with E-state index in [2.05, 4.69) is 20.5 Å². The van der Waals surface area contributed by atoms with Gasteiger partial charge >= 0.3 is 5.97 Å². The van der Waals surface area contributed by atoms with Gasteiger partial charge in [-0.3, -0.25) is 9.36 Å². The van der Waals surface area contributed by atoms with Gasteiger partial charge < -0.3 is 10.1 Å². The largest absolute Gasteiger partial charge is 0.462 e. The number of thioether (sulfide) groups is 1. The predicted octanol–water partition coefficient (Wildman–Crippen LogP) is 2.94. The van der Waals surface area contributed by atoms with Crippen LogP contribution >= 0.6 is 23.1 Å². The number of nitrogens with zero attached hydrogens (tertiary/aromatic N) is 4. The highest BCUT2D eigenvalue weighted by Gasteiger charge is 2.18. The number of hydrogen-bond donors (Lipinski definition) is 1. The predicted molar refractivity (Wildman–Crippen MR) is 104 cm³/mol. The number of para-hydroxylation sites is 1. The highest BCUT2D eigenvalue weighted by Crippen LogP contribution is 2.24. The van der Waals surface area contributed by atoms with Crippen LogP contribution in [0.1, 0.15) is 22.3 Å². The van der Waals surface area contributed by atoms with Crippen LogP contribution < -0.4 is 5.32 Å². The third kappa shape index (κ3) is 4.72. The van der Waals surface area contributed by atoms with Gasteiger partial charge in [-0.2, -0.15) is 0 Å². The summed E-state index contributed by atoms with van der Waals surface area (Å²) in [6.45, 7) is 3.73. The molecule has 3 aromatic rings. The van der Waals surface area contributed by atoms with Gasteiger partial charge in [-0.15, -0.1) is 10.2 Å². The van der Waals surface area contributed by atoms with Gasteiger partial charge in [0.25, 0.3) is 0 Å². The highest BCUT2D eigenvalue weighted by atomic mass is 32.2. The van der Waals surface area contributed by atoms with Crippen LogP contribution in [-0.4, -0.2) is 44.0 Å². The average molecular weight is 403 g/mol. The lowest BCUT2D eigenvalue weighted by Gasteiger charge is -2.05. The molecule has 140 valence electrons. The minimum absolute atomic E-state index is 0.138. The minimum Gasteiger partial charge on any atom is -0.462 e. The van der Waals surface area contributed by atoms with Gasteiger partial charge in [0.2, 0.25) is 5.91 Å². The maximum Gasteiger partial charge on any atom is 0.350 e. The van der Waals surface area contributed by atoms with Gasteiger partial charge in [-0.25, -0.2) is 9.78 Å². The van der Waals surface area contributed by atoms with E-state index in [1.807, 2.05) is 34.9 Å². The second-order valence-electron chi connectivity index (χ2n) is 5.31. The van der Waals surface area contributed by atoms with E-state index in [9.17, 15) is 9.59 Å². The summed E-state index contributed by atoms with van der Waals surface area (Å²) in [7, 11) is 0. The fourth-order valence-electron chi connectivity index (χ4n) is 2.21. The van der Waals surface area contributed by atoms with Crippen LogP contribution in [0.5, 0.6) is 0 Å². The van der Waals surface area contributed by atoms with E-state index in [0.29, 0.717) is 20.9 Å². The van der Waals surface area contributed by atoms with E-state index in [-0.39, 0.29) is 18.3 Å². The number of ether oxygens (including phenoxy) is 1. The van der Waals surface area contributed by atoms with Crippen LogP contribution in [-0.2, 0) is 9.53 Å². The Labute approximate surface area is 164 Å². The zero-order chi connectivity index (χ0) is 19.2. The van der Waals surface area contributed by atoms with Crippen molar-refractivity contribution in [3.05, 3.63) is 47.2 Å². The molecule has 2 heterocycles. The Kier molecular flexibility index (Phi) is 6.20. The third-order valence-electron chi connectivity index (χ3n) is 3.39. The van der Waals surface area contributed by atoms with Gasteiger partial charge in [-0.1, -0.05) is 41.3 Å². The molecule has 1 aromatic carbocycles. The highest BCUT2D eigenvalue weighted by molar-refractivity contribution is 7.99. The normalized spacial score (nSPS) is 10.6. The number of rotatable bonds is 7. The van der Waals surface area contributed by atoms with Gasteiger partial charge in [0, 0.05) is 5.69 Å². The van der Waals surface area contributed by atoms with E-state index in [0.717, 1.165) is 17.0 Å². The molecule has 0 aliphatic carbocycles. The molecule has 0 saturated carbocycles. The molecule has 0 atom stereocenters. The van der Waals surface area contributed by atoms with Crippen molar-refractivity contribution in [3.63, 3.8) is 0 Å². The molecule has 0 radical (unpaired) electrons. The Morgan fingerprint density at radius 3 is 2.81 bits per heavy atom. The molecule has 3 rings (SSSR count). The molecule has 0 aliphatic rings. The van der Waals surface area contributed by atoms with Crippen molar-refractivity contribution < 1.29 is 14.3 Å². The van der Waals surface area contributed by atoms with Crippen LogP contribution in [0, 0.1) is 6.92 Å². The number of esters is 1. The van der Waals surface area contributed by atoms with Gasteiger partial charge in [0.05, 0.1) is 18.1 Å². The molecule has 1 amide bonds. The molecule has 2 aromatic heterocycles. The van der Waals surface area contributed by atoms with Gasteiger partial charge in [0.15, 0.2) is 10.3 Å². The number of benzene rings is 1. The topological polar surface area (TPSA) is 99.0 Å². The zero-order valence-electron chi connectivity index (χ0n) is 14.7. The Morgan fingerprint density at radius 1 is 1.30 bits per heavy atom. The molecule has 10 heteroatoms. The Hall–Kier alpha value is -2.72. The van der Waals surface area contributed by atoms with Crippen LogP contribution in [0.2, 0.25) is 0 Å². The molecule has 27 heavy (non-hydrogen) atoms. The van der Waals surface area contributed by atoms with Crippen molar-refractivity contribution in [2.45, 2.75) is 19.0 Å². The molecule has 0 fully saturated rings. The molecule has 0 spiro atoms. The minimum atomic E-state index is -0.432. The Balaban J connectivity index is 1.61. The second kappa shape index (κ2) is 8.78. The maximum atomic E-state index is 12.2. The van der Waals surface area contributed by atoms with Crippen molar-refractivity contribution in [1.29, 1.82) is 0 Å². The van der Waals surface area contributed by atoms with E-state index in [1.165, 1.54) is 11.8 Å². The van der Waals surface area contributed by atoms with E-state index >= 15 is 0 Å². The fourth-order valence-corrected chi connectivity index (χ4v) is 3.82. The van der Waals surface area contributed by atoms with Crippen LogP contribution in [0.25, 0.3) is 5.69 Å². The molecule has 0 bridgehead atoms. The summed E-state index contributed by atoms with van der Waals surface area (Å²) in [5.74, 6) is -0.538.